The zero-order valence-electron chi connectivity index (χ0n) is 11.8. The molecule has 0 aliphatic heterocycles. The standard InChI is InChI=1S/C15H19F4NO/c1-9(13-7-4-11(16)8-14(13)21)20-12-5-2-10(3-6-12)15(17,18)19/h4,7-10,12,20-21H,2-3,5-6H2,1H3. The molecule has 6 heteroatoms. The molecular weight excluding hydrogens is 286 g/mol. The van der Waals surface area contributed by atoms with Gasteiger partial charge in [-0.2, -0.15) is 13.2 Å². The molecule has 0 spiro atoms. The van der Waals surface area contributed by atoms with Crippen molar-refractivity contribution >= 4 is 0 Å². The van der Waals surface area contributed by atoms with Crippen molar-refractivity contribution in [2.45, 2.75) is 50.9 Å². The maximum atomic E-state index is 12.9. The fraction of sp³-hybridized carbons (Fsp3) is 0.600. The molecule has 2 nitrogen and oxygen atoms in total. The molecule has 1 aromatic rings. The highest BCUT2D eigenvalue weighted by Gasteiger charge is 2.41. The van der Waals surface area contributed by atoms with Gasteiger partial charge in [0, 0.05) is 23.7 Å². The van der Waals surface area contributed by atoms with E-state index in [-0.39, 0.29) is 30.7 Å². The van der Waals surface area contributed by atoms with Crippen molar-refractivity contribution in [1.82, 2.24) is 5.32 Å². The lowest BCUT2D eigenvalue weighted by Gasteiger charge is -2.32. The highest BCUT2D eigenvalue weighted by atomic mass is 19.4. The SMILES string of the molecule is CC(NC1CCC(C(F)(F)F)CC1)c1ccc(F)cc1O. The van der Waals surface area contributed by atoms with Crippen LogP contribution in [0.25, 0.3) is 0 Å². The molecule has 0 heterocycles. The number of phenolic OH excluding ortho intramolecular Hbond substituents is 1. The van der Waals surface area contributed by atoms with Crippen LogP contribution in [-0.4, -0.2) is 17.3 Å². The minimum absolute atomic E-state index is 0.0111. The lowest BCUT2D eigenvalue weighted by Crippen LogP contribution is -2.38. The van der Waals surface area contributed by atoms with E-state index in [0.29, 0.717) is 18.4 Å². The van der Waals surface area contributed by atoms with Crippen LogP contribution >= 0.6 is 0 Å². The van der Waals surface area contributed by atoms with Gasteiger partial charge in [0.15, 0.2) is 0 Å². The molecule has 1 fully saturated rings. The van der Waals surface area contributed by atoms with E-state index in [1.54, 1.807) is 0 Å². The molecule has 0 aromatic heterocycles. The Bertz CT molecular complexity index is 481. The summed E-state index contributed by atoms with van der Waals surface area (Å²) in [6.45, 7) is 1.81. The number of hydrogen-bond acceptors (Lipinski definition) is 2. The molecule has 118 valence electrons. The number of benzene rings is 1. The first-order valence-electron chi connectivity index (χ1n) is 7.08. The van der Waals surface area contributed by atoms with E-state index in [2.05, 4.69) is 5.32 Å². The third kappa shape index (κ3) is 4.09. The Kier molecular flexibility index (Phi) is 4.76. The van der Waals surface area contributed by atoms with Gasteiger partial charge in [-0.05, 0) is 38.7 Å². The normalized spacial score (nSPS) is 24.8. The van der Waals surface area contributed by atoms with Crippen LogP contribution in [0.1, 0.15) is 44.2 Å². The predicted octanol–water partition coefficient (Wildman–Crippen LogP) is 4.30. The fourth-order valence-corrected chi connectivity index (χ4v) is 2.91. The number of hydrogen-bond donors (Lipinski definition) is 2. The Morgan fingerprint density at radius 2 is 1.81 bits per heavy atom. The molecular formula is C15H19F4NO. The maximum absolute atomic E-state index is 12.9. The Labute approximate surface area is 121 Å². The topological polar surface area (TPSA) is 32.3 Å². The van der Waals surface area contributed by atoms with Gasteiger partial charge in [-0.25, -0.2) is 4.39 Å². The van der Waals surface area contributed by atoms with E-state index in [0.717, 1.165) is 6.07 Å². The minimum Gasteiger partial charge on any atom is -0.508 e. The molecule has 0 bridgehead atoms. The van der Waals surface area contributed by atoms with E-state index in [1.807, 2.05) is 6.92 Å². The molecule has 2 rings (SSSR count). The van der Waals surface area contributed by atoms with Gasteiger partial charge >= 0.3 is 6.18 Å². The van der Waals surface area contributed by atoms with Gasteiger partial charge in [-0.3, -0.25) is 0 Å². The van der Waals surface area contributed by atoms with Crippen molar-refractivity contribution in [1.29, 1.82) is 0 Å². The summed E-state index contributed by atoms with van der Waals surface area (Å²) in [5.41, 5.74) is 0.550. The highest BCUT2D eigenvalue weighted by molar-refractivity contribution is 5.34. The molecule has 2 N–H and O–H groups in total. The molecule has 1 aromatic carbocycles. The van der Waals surface area contributed by atoms with E-state index < -0.39 is 17.9 Å². The van der Waals surface area contributed by atoms with Crippen molar-refractivity contribution in [3.63, 3.8) is 0 Å². The third-order valence-corrected chi connectivity index (χ3v) is 4.13. The van der Waals surface area contributed by atoms with Gasteiger partial charge in [0.05, 0.1) is 5.92 Å². The van der Waals surface area contributed by atoms with Crippen LogP contribution in [0, 0.1) is 11.7 Å². The fourth-order valence-electron chi connectivity index (χ4n) is 2.91. The summed E-state index contributed by atoms with van der Waals surface area (Å²) in [6.07, 6.45) is -2.94. The second-order valence-corrected chi connectivity index (χ2v) is 5.68. The minimum atomic E-state index is -4.11. The Morgan fingerprint density at radius 1 is 1.19 bits per heavy atom. The van der Waals surface area contributed by atoms with Crippen LogP contribution in [0.5, 0.6) is 5.75 Å². The van der Waals surface area contributed by atoms with Crippen LogP contribution in [0.2, 0.25) is 0 Å². The number of phenols is 1. The number of halogens is 4. The van der Waals surface area contributed by atoms with Gasteiger partial charge in [0.25, 0.3) is 0 Å². The van der Waals surface area contributed by atoms with Crippen molar-refractivity contribution in [3.05, 3.63) is 29.6 Å². The van der Waals surface area contributed by atoms with Crippen LogP contribution < -0.4 is 5.32 Å². The summed E-state index contributed by atoms with van der Waals surface area (Å²) in [5.74, 6) is -1.86. The summed E-state index contributed by atoms with van der Waals surface area (Å²) >= 11 is 0. The summed E-state index contributed by atoms with van der Waals surface area (Å²) in [7, 11) is 0. The van der Waals surface area contributed by atoms with Crippen LogP contribution in [0.4, 0.5) is 17.6 Å². The van der Waals surface area contributed by atoms with Crippen molar-refractivity contribution in [3.8, 4) is 5.75 Å². The molecule has 1 aliphatic rings. The molecule has 1 saturated carbocycles. The van der Waals surface area contributed by atoms with E-state index in [9.17, 15) is 22.7 Å². The smallest absolute Gasteiger partial charge is 0.391 e. The average Bonchev–Trinajstić information content (AvgIpc) is 2.38. The highest BCUT2D eigenvalue weighted by Crippen LogP contribution is 2.38. The summed E-state index contributed by atoms with van der Waals surface area (Å²) in [5, 5.41) is 12.9. The van der Waals surface area contributed by atoms with E-state index in [4.69, 9.17) is 0 Å². The monoisotopic (exact) mass is 305 g/mol. The van der Waals surface area contributed by atoms with Crippen LogP contribution in [0.3, 0.4) is 0 Å². The van der Waals surface area contributed by atoms with Crippen LogP contribution in [0.15, 0.2) is 18.2 Å². The molecule has 1 atom stereocenters. The van der Waals surface area contributed by atoms with Crippen molar-refractivity contribution in [2.75, 3.05) is 0 Å². The summed E-state index contributed by atoms with van der Waals surface area (Å²) < 4.78 is 50.7. The first-order chi connectivity index (χ1) is 9.77. The van der Waals surface area contributed by atoms with Gasteiger partial charge in [0.2, 0.25) is 0 Å². The lowest BCUT2D eigenvalue weighted by atomic mass is 9.85. The number of rotatable bonds is 3. The van der Waals surface area contributed by atoms with Crippen molar-refractivity contribution < 1.29 is 22.7 Å². The maximum Gasteiger partial charge on any atom is 0.391 e. The third-order valence-electron chi connectivity index (χ3n) is 4.13. The van der Waals surface area contributed by atoms with Crippen molar-refractivity contribution in [2.24, 2.45) is 5.92 Å². The van der Waals surface area contributed by atoms with E-state index in [1.165, 1.54) is 12.1 Å². The lowest BCUT2D eigenvalue weighted by molar-refractivity contribution is -0.182. The van der Waals surface area contributed by atoms with Gasteiger partial charge in [0.1, 0.15) is 11.6 Å². The van der Waals surface area contributed by atoms with Crippen LogP contribution in [-0.2, 0) is 0 Å². The second-order valence-electron chi connectivity index (χ2n) is 5.68. The summed E-state index contributed by atoms with van der Waals surface area (Å²) in [4.78, 5) is 0. The molecule has 21 heavy (non-hydrogen) atoms. The first kappa shape index (κ1) is 16.1. The first-order valence-corrected chi connectivity index (χ1v) is 7.08. The zero-order valence-corrected chi connectivity index (χ0v) is 11.8. The average molecular weight is 305 g/mol. The number of nitrogens with one attached hydrogen (secondary N) is 1. The Hall–Kier alpha value is -1.30. The van der Waals surface area contributed by atoms with Gasteiger partial charge < -0.3 is 10.4 Å². The Morgan fingerprint density at radius 3 is 2.33 bits per heavy atom. The summed E-state index contributed by atoms with van der Waals surface area (Å²) in [6, 6.07) is 3.53. The Balaban J connectivity index is 1.91. The van der Waals surface area contributed by atoms with Gasteiger partial charge in [-0.15, -0.1) is 0 Å². The molecule has 0 amide bonds. The molecule has 1 aliphatic carbocycles. The van der Waals surface area contributed by atoms with Gasteiger partial charge in [-0.1, -0.05) is 6.07 Å². The zero-order chi connectivity index (χ0) is 15.6. The largest absolute Gasteiger partial charge is 0.508 e. The molecule has 0 saturated heterocycles. The predicted molar refractivity (Wildman–Crippen MR) is 71.4 cm³/mol. The second kappa shape index (κ2) is 6.22. The number of alkyl halides is 3. The number of aromatic hydroxyl groups is 1. The molecule has 0 radical (unpaired) electrons. The quantitative estimate of drug-likeness (QED) is 0.816. The molecule has 1 unspecified atom stereocenters. The van der Waals surface area contributed by atoms with E-state index >= 15 is 0 Å².